The molecule has 1 saturated heterocycles. The Labute approximate surface area is 155 Å². The molecular weight excluding hydrogens is 330 g/mol. The maximum Gasteiger partial charge on any atom is 0.257 e. The summed E-state index contributed by atoms with van der Waals surface area (Å²) in [6.07, 6.45) is 4.61. The lowest BCUT2D eigenvalue weighted by molar-refractivity contribution is -0.123. The molecular formula is C20H31N3O3. The lowest BCUT2D eigenvalue weighted by Gasteiger charge is -2.35. The molecule has 3 rings (SSSR count). The average Bonchev–Trinajstić information content (AvgIpc) is 2.95. The fraction of sp³-hybridized carbons (Fsp3) is 0.700. The summed E-state index contributed by atoms with van der Waals surface area (Å²) in [5.74, 6) is 2.37. The van der Waals surface area contributed by atoms with Gasteiger partial charge in [0, 0.05) is 32.2 Å². The molecule has 1 aromatic heterocycles. The molecule has 6 heteroatoms. The summed E-state index contributed by atoms with van der Waals surface area (Å²) in [5.41, 5.74) is 0.653. The zero-order chi connectivity index (χ0) is 18.7. The van der Waals surface area contributed by atoms with Crippen molar-refractivity contribution in [2.24, 2.45) is 5.92 Å². The van der Waals surface area contributed by atoms with Crippen molar-refractivity contribution in [1.29, 1.82) is 0 Å². The van der Waals surface area contributed by atoms with Gasteiger partial charge in [0.05, 0.1) is 12.1 Å². The van der Waals surface area contributed by atoms with Gasteiger partial charge in [-0.05, 0) is 51.5 Å². The molecule has 0 radical (unpaired) electrons. The van der Waals surface area contributed by atoms with Gasteiger partial charge in [0.2, 0.25) is 5.91 Å². The van der Waals surface area contributed by atoms with Crippen LogP contribution in [0.3, 0.4) is 0 Å². The quantitative estimate of drug-likeness (QED) is 0.894. The van der Waals surface area contributed by atoms with Crippen LogP contribution < -0.4 is 5.32 Å². The standard InChI is InChI=1S/C20H31N3O3/c1-14-4-6-17(7-5-14)21-19(24)13-22-8-10-23(11-9-22)20(25)18-12-15(2)26-16(18)3/h12,14,17H,4-11,13H2,1-3H3,(H,21,24). The van der Waals surface area contributed by atoms with Crippen molar-refractivity contribution >= 4 is 11.8 Å². The minimum atomic E-state index is 0.0276. The number of carbonyl (C=O) groups is 2. The third-order valence-electron chi connectivity index (χ3n) is 5.68. The predicted molar refractivity (Wildman–Crippen MR) is 100 cm³/mol. The number of furan rings is 1. The molecule has 26 heavy (non-hydrogen) atoms. The van der Waals surface area contributed by atoms with Gasteiger partial charge >= 0.3 is 0 Å². The number of aryl methyl sites for hydroxylation is 2. The smallest absolute Gasteiger partial charge is 0.257 e. The maximum absolute atomic E-state index is 12.6. The summed E-state index contributed by atoms with van der Waals surface area (Å²) in [7, 11) is 0. The molecule has 2 fully saturated rings. The first-order valence-electron chi connectivity index (χ1n) is 9.80. The van der Waals surface area contributed by atoms with Gasteiger partial charge in [-0.3, -0.25) is 14.5 Å². The Morgan fingerprint density at radius 2 is 1.77 bits per heavy atom. The van der Waals surface area contributed by atoms with Crippen LogP contribution >= 0.6 is 0 Å². The summed E-state index contributed by atoms with van der Waals surface area (Å²) < 4.78 is 5.47. The van der Waals surface area contributed by atoms with Crippen molar-refractivity contribution in [3.8, 4) is 0 Å². The maximum atomic E-state index is 12.6. The molecule has 2 amide bonds. The van der Waals surface area contributed by atoms with E-state index in [9.17, 15) is 9.59 Å². The number of nitrogens with one attached hydrogen (secondary N) is 1. The number of carbonyl (C=O) groups excluding carboxylic acids is 2. The second kappa shape index (κ2) is 8.25. The molecule has 6 nitrogen and oxygen atoms in total. The number of rotatable bonds is 4. The van der Waals surface area contributed by atoms with Crippen molar-refractivity contribution in [1.82, 2.24) is 15.1 Å². The van der Waals surface area contributed by atoms with Crippen LogP contribution in [0, 0.1) is 19.8 Å². The van der Waals surface area contributed by atoms with E-state index in [0.717, 1.165) is 37.6 Å². The molecule has 0 atom stereocenters. The fourth-order valence-electron chi connectivity index (χ4n) is 4.00. The Hall–Kier alpha value is -1.82. The molecule has 0 aromatic carbocycles. The molecule has 1 saturated carbocycles. The van der Waals surface area contributed by atoms with E-state index < -0.39 is 0 Å². The van der Waals surface area contributed by atoms with Crippen LogP contribution in [0.25, 0.3) is 0 Å². The third kappa shape index (κ3) is 4.67. The summed E-state index contributed by atoms with van der Waals surface area (Å²) in [6.45, 7) is 9.16. The SMILES string of the molecule is Cc1cc(C(=O)N2CCN(CC(=O)NC3CCC(C)CC3)CC2)c(C)o1. The highest BCUT2D eigenvalue weighted by Gasteiger charge is 2.26. The Balaban J connectivity index is 1.43. The summed E-state index contributed by atoms with van der Waals surface area (Å²) in [5, 5.41) is 3.18. The molecule has 1 aromatic rings. The molecule has 1 aliphatic heterocycles. The first-order valence-corrected chi connectivity index (χ1v) is 9.80. The summed E-state index contributed by atoms with van der Waals surface area (Å²) in [6, 6.07) is 2.15. The van der Waals surface area contributed by atoms with Gasteiger partial charge in [0.25, 0.3) is 5.91 Å². The predicted octanol–water partition coefficient (Wildman–Crippen LogP) is 2.35. The average molecular weight is 361 g/mol. The minimum Gasteiger partial charge on any atom is -0.466 e. The third-order valence-corrected chi connectivity index (χ3v) is 5.68. The van der Waals surface area contributed by atoms with E-state index in [0.29, 0.717) is 37.0 Å². The topological polar surface area (TPSA) is 65.8 Å². The Morgan fingerprint density at radius 1 is 1.12 bits per heavy atom. The second-order valence-electron chi connectivity index (χ2n) is 7.92. The van der Waals surface area contributed by atoms with Crippen molar-refractivity contribution in [3.05, 3.63) is 23.2 Å². The number of hydrogen-bond acceptors (Lipinski definition) is 4. The van der Waals surface area contributed by atoms with Crippen molar-refractivity contribution < 1.29 is 14.0 Å². The van der Waals surface area contributed by atoms with Gasteiger partial charge in [-0.25, -0.2) is 0 Å². The van der Waals surface area contributed by atoms with Crippen LogP contribution in [-0.2, 0) is 4.79 Å². The van der Waals surface area contributed by atoms with Crippen molar-refractivity contribution in [3.63, 3.8) is 0 Å². The van der Waals surface area contributed by atoms with Crippen LogP contribution in [-0.4, -0.2) is 60.4 Å². The molecule has 0 bridgehead atoms. The molecule has 2 aliphatic rings. The van der Waals surface area contributed by atoms with Crippen LogP contribution in [0.1, 0.15) is 54.5 Å². The fourth-order valence-corrected chi connectivity index (χ4v) is 4.00. The van der Waals surface area contributed by atoms with Gasteiger partial charge < -0.3 is 14.6 Å². The number of amides is 2. The number of nitrogens with zero attached hydrogens (tertiary/aromatic N) is 2. The molecule has 2 heterocycles. The highest BCUT2D eigenvalue weighted by atomic mass is 16.3. The van der Waals surface area contributed by atoms with E-state index in [4.69, 9.17) is 4.42 Å². The zero-order valence-corrected chi connectivity index (χ0v) is 16.2. The highest BCUT2D eigenvalue weighted by Crippen LogP contribution is 2.23. The molecule has 1 N–H and O–H groups in total. The number of hydrogen-bond donors (Lipinski definition) is 1. The zero-order valence-electron chi connectivity index (χ0n) is 16.2. The van der Waals surface area contributed by atoms with Crippen LogP contribution in [0.5, 0.6) is 0 Å². The van der Waals surface area contributed by atoms with Gasteiger partial charge in [-0.1, -0.05) is 6.92 Å². The van der Waals surface area contributed by atoms with E-state index in [2.05, 4.69) is 17.1 Å². The van der Waals surface area contributed by atoms with E-state index in [1.165, 1.54) is 12.8 Å². The van der Waals surface area contributed by atoms with E-state index >= 15 is 0 Å². The van der Waals surface area contributed by atoms with Crippen LogP contribution in [0.4, 0.5) is 0 Å². The van der Waals surface area contributed by atoms with Crippen molar-refractivity contribution in [2.45, 2.75) is 52.5 Å². The number of piperazine rings is 1. The minimum absolute atomic E-state index is 0.0276. The van der Waals surface area contributed by atoms with E-state index in [1.807, 2.05) is 24.8 Å². The van der Waals surface area contributed by atoms with Gasteiger partial charge in [0.1, 0.15) is 11.5 Å². The molecule has 144 valence electrons. The van der Waals surface area contributed by atoms with E-state index in [1.54, 1.807) is 0 Å². The summed E-state index contributed by atoms with van der Waals surface area (Å²) >= 11 is 0. The van der Waals surface area contributed by atoms with Gasteiger partial charge in [-0.2, -0.15) is 0 Å². The molecule has 0 spiro atoms. The molecule has 0 unspecified atom stereocenters. The normalized spacial score (nSPS) is 24.5. The first kappa shape index (κ1) is 19.0. The Morgan fingerprint density at radius 3 is 2.35 bits per heavy atom. The Bertz CT molecular complexity index is 639. The van der Waals surface area contributed by atoms with Crippen molar-refractivity contribution in [2.75, 3.05) is 32.7 Å². The lowest BCUT2D eigenvalue weighted by Crippen LogP contribution is -2.52. The summed E-state index contributed by atoms with van der Waals surface area (Å²) in [4.78, 5) is 28.9. The second-order valence-corrected chi connectivity index (χ2v) is 7.92. The van der Waals surface area contributed by atoms with Crippen LogP contribution in [0.15, 0.2) is 10.5 Å². The first-order chi connectivity index (χ1) is 12.4. The largest absolute Gasteiger partial charge is 0.466 e. The highest BCUT2D eigenvalue weighted by molar-refractivity contribution is 5.95. The van der Waals surface area contributed by atoms with Gasteiger partial charge in [0.15, 0.2) is 0 Å². The van der Waals surface area contributed by atoms with Crippen LogP contribution in [0.2, 0.25) is 0 Å². The molecule has 1 aliphatic carbocycles. The Kier molecular flexibility index (Phi) is 6.01. The van der Waals surface area contributed by atoms with E-state index in [-0.39, 0.29) is 11.8 Å². The lowest BCUT2D eigenvalue weighted by atomic mass is 9.87. The van der Waals surface area contributed by atoms with Gasteiger partial charge in [-0.15, -0.1) is 0 Å². The monoisotopic (exact) mass is 361 g/mol.